The van der Waals surface area contributed by atoms with E-state index in [0.717, 1.165) is 12.6 Å². The van der Waals surface area contributed by atoms with Crippen LogP contribution in [0.3, 0.4) is 0 Å². The summed E-state index contributed by atoms with van der Waals surface area (Å²) in [6, 6.07) is 0.729. The fraction of sp³-hybridized carbons (Fsp3) is 1.00. The van der Waals surface area contributed by atoms with Crippen molar-refractivity contribution in [2.24, 2.45) is 0 Å². The molecule has 0 bridgehead atoms. The molecule has 0 amide bonds. The van der Waals surface area contributed by atoms with Crippen LogP contribution in [-0.2, 0) is 0 Å². The molecule has 2 aliphatic rings. The highest BCUT2D eigenvalue weighted by atomic mass is 32.2. The fourth-order valence-corrected chi connectivity index (χ4v) is 2.35. The molecule has 0 radical (unpaired) electrons. The Morgan fingerprint density at radius 3 is 3.10 bits per heavy atom. The molecule has 0 aliphatic carbocycles. The molecule has 1 atom stereocenters. The van der Waals surface area contributed by atoms with Gasteiger partial charge in [0.1, 0.15) is 0 Å². The van der Waals surface area contributed by atoms with E-state index in [1.165, 1.54) is 25.3 Å². The highest BCUT2D eigenvalue weighted by molar-refractivity contribution is 7.97. The Balaban J connectivity index is 1.85. The maximum Gasteiger partial charge on any atom is 0.0480 e. The molecule has 0 spiro atoms. The number of hydrogen-bond donors (Lipinski definition) is 2. The Bertz CT molecular complexity index is 93.6. The SMILES string of the molecule is C1CNN(C2CNSC2)C1. The van der Waals surface area contributed by atoms with Crippen LogP contribution in [0.5, 0.6) is 0 Å². The Labute approximate surface area is 65.6 Å². The second-order valence-electron chi connectivity index (χ2n) is 2.77. The molecule has 2 aliphatic heterocycles. The van der Waals surface area contributed by atoms with Gasteiger partial charge in [0, 0.05) is 31.4 Å². The molecule has 1 unspecified atom stereocenters. The van der Waals surface area contributed by atoms with Crippen molar-refractivity contribution in [2.75, 3.05) is 25.4 Å². The second-order valence-corrected chi connectivity index (χ2v) is 3.68. The lowest BCUT2D eigenvalue weighted by molar-refractivity contribution is 0.198. The van der Waals surface area contributed by atoms with Gasteiger partial charge >= 0.3 is 0 Å². The van der Waals surface area contributed by atoms with Crippen molar-refractivity contribution in [3.8, 4) is 0 Å². The third kappa shape index (κ3) is 1.29. The van der Waals surface area contributed by atoms with Crippen molar-refractivity contribution in [3.63, 3.8) is 0 Å². The molecular weight excluding hydrogens is 146 g/mol. The van der Waals surface area contributed by atoms with Gasteiger partial charge in [0.15, 0.2) is 0 Å². The van der Waals surface area contributed by atoms with E-state index in [9.17, 15) is 0 Å². The summed E-state index contributed by atoms with van der Waals surface area (Å²) in [5, 5.41) is 2.37. The highest BCUT2D eigenvalue weighted by Gasteiger charge is 2.24. The fourth-order valence-electron chi connectivity index (χ4n) is 1.43. The third-order valence-electron chi connectivity index (χ3n) is 2.03. The summed E-state index contributed by atoms with van der Waals surface area (Å²) in [4.78, 5) is 0. The average Bonchev–Trinajstić information content (AvgIpc) is 2.59. The summed E-state index contributed by atoms with van der Waals surface area (Å²) in [6.07, 6.45) is 1.31. The molecule has 3 nitrogen and oxygen atoms in total. The summed E-state index contributed by atoms with van der Waals surface area (Å²) in [5.74, 6) is 1.23. The first-order valence-electron chi connectivity index (χ1n) is 3.81. The predicted molar refractivity (Wildman–Crippen MR) is 43.6 cm³/mol. The Morgan fingerprint density at radius 2 is 2.50 bits per heavy atom. The third-order valence-corrected chi connectivity index (χ3v) is 2.95. The lowest BCUT2D eigenvalue weighted by atomic mass is 10.3. The van der Waals surface area contributed by atoms with Gasteiger partial charge in [0.25, 0.3) is 0 Å². The van der Waals surface area contributed by atoms with Gasteiger partial charge < -0.3 is 0 Å². The largest absolute Gasteiger partial charge is 0.262 e. The van der Waals surface area contributed by atoms with Crippen LogP contribution in [0.4, 0.5) is 0 Å². The Morgan fingerprint density at radius 1 is 1.50 bits per heavy atom. The quantitative estimate of drug-likeness (QED) is 0.519. The maximum atomic E-state index is 3.38. The van der Waals surface area contributed by atoms with Crippen molar-refractivity contribution in [2.45, 2.75) is 12.5 Å². The molecular formula is C6H13N3S. The Kier molecular flexibility index (Phi) is 2.13. The van der Waals surface area contributed by atoms with Crippen LogP contribution in [0, 0.1) is 0 Å². The van der Waals surface area contributed by atoms with E-state index in [2.05, 4.69) is 15.2 Å². The summed E-state index contributed by atoms with van der Waals surface area (Å²) in [6.45, 7) is 3.53. The first-order chi connectivity index (χ1) is 4.97. The number of hydrogen-bond acceptors (Lipinski definition) is 4. The summed E-state index contributed by atoms with van der Waals surface area (Å²) < 4.78 is 3.28. The number of nitrogens with one attached hydrogen (secondary N) is 2. The molecule has 0 saturated carbocycles. The minimum Gasteiger partial charge on any atom is -0.262 e. The van der Waals surface area contributed by atoms with Gasteiger partial charge in [-0.1, -0.05) is 11.9 Å². The highest BCUT2D eigenvalue weighted by Crippen LogP contribution is 2.13. The first kappa shape index (κ1) is 6.91. The van der Waals surface area contributed by atoms with Crippen molar-refractivity contribution < 1.29 is 0 Å². The number of hydrazine groups is 1. The lowest BCUT2D eigenvalue weighted by Gasteiger charge is -2.21. The van der Waals surface area contributed by atoms with Gasteiger partial charge in [-0.05, 0) is 6.42 Å². The van der Waals surface area contributed by atoms with Crippen LogP contribution in [0.1, 0.15) is 6.42 Å². The normalized spacial score (nSPS) is 35.4. The van der Waals surface area contributed by atoms with E-state index in [4.69, 9.17) is 0 Å². The molecule has 0 aromatic carbocycles. The minimum atomic E-state index is 0.729. The molecule has 2 rings (SSSR count). The van der Waals surface area contributed by atoms with Gasteiger partial charge in [0.2, 0.25) is 0 Å². The van der Waals surface area contributed by atoms with E-state index in [1.54, 1.807) is 0 Å². The monoisotopic (exact) mass is 159 g/mol. The molecule has 2 N–H and O–H groups in total. The van der Waals surface area contributed by atoms with Crippen molar-refractivity contribution in [1.82, 2.24) is 15.2 Å². The van der Waals surface area contributed by atoms with Gasteiger partial charge in [0.05, 0.1) is 0 Å². The van der Waals surface area contributed by atoms with Gasteiger partial charge in [-0.3, -0.25) is 10.1 Å². The van der Waals surface area contributed by atoms with Crippen LogP contribution in [0.25, 0.3) is 0 Å². The molecule has 0 aromatic rings. The van der Waals surface area contributed by atoms with Gasteiger partial charge in [-0.25, -0.2) is 5.01 Å². The van der Waals surface area contributed by atoms with E-state index in [1.807, 2.05) is 11.9 Å². The van der Waals surface area contributed by atoms with Crippen molar-refractivity contribution >= 4 is 11.9 Å². The maximum absolute atomic E-state index is 3.38. The predicted octanol–water partition coefficient (Wildman–Crippen LogP) is -0.183. The smallest absolute Gasteiger partial charge is 0.0480 e. The lowest BCUT2D eigenvalue weighted by Crippen LogP contribution is -2.43. The van der Waals surface area contributed by atoms with Gasteiger partial charge in [-0.15, -0.1) is 0 Å². The van der Waals surface area contributed by atoms with E-state index < -0.39 is 0 Å². The molecule has 10 heavy (non-hydrogen) atoms. The first-order valence-corrected chi connectivity index (χ1v) is 4.80. The zero-order valence-corrected chi connectivity index (χ0v) is 6.78. The summed E-state index contributed by atoms with van der Waals surface area (Å²) in [5.41, 5.74) is 3.38. The molecule has 0 aromatic heterocycles. The average molecular weight is 159 g/mol. The van der Waals surface area contributed by atoms with Crippen LogP contribution in [0.2, 0.25) is 0 Å². The van der Waals surface area contributed by atoms with E-state index in [0.29, 0.717) is 0 Å². The van der Waals surface area contributed by atoms with Crippen molar-refractivity contribution in [3.05, 3.63) is 0 Å². The topological polar surface area (TPSA) is 27.3 Å². The molecule has 2 saturated heterocycles. The molecule has 58 valence electrons. The molecule has 4 heteroatoms. The summed E-state index contributed by atoms with van der Waals surface area (Å²) >= 11 is 1.84. The molecule has 2 heterocycles. The van der Waals surface area contributed by atoms with Crippen LogP contribution in [0.15, 0.2) is 0 Å². The minimum absolute atomic E-state index is 0.729. The second kappa shape index (κ2) is 3.09. The number of rotatable bonds is 1. The van der Waals surface area contributed by atoms with Crippen LogP contribution in [-0.4, -0.2) is 36.4 Å². The van der Waals surface area contributed by atoms with E-state index in [-0.39, 0.29) is 0 Å². The standard InChI is InChI=1S/C6H13N3S/c1-2-7-9(3-1)6-4-8-10-5-6/h6-8H,1-5H2. The number of nitrogens with zero attached hydrogens (tertiary/aromatic N) is 1. The van der Waals surface area contributed by atoms with Crippen LogP contribution < -0.4 is 10.1 Å². The van der Waals surface area contributed by atoms with Crippen molar-refractivity contribution in [1.29, 1.82) is 0 Å². The van der Waals surface area contributed by atoms with E-state index >= 15 is 0 Å². The zero-order chi connectivity index (χ0) is 6.81. The van der Waals surface area contributed by atoms with Crippen LogP contribution >= 0.6 is 11.9 Å². The molecule has 2 fully saturated rings. The van der Waals surface area contributed by atoms with Gasteiger partial charge in [-0.2, -0.15) is 0 Å². The summed E-state index contributed by atoms with van der Waals surface area (Å²) in [7, 11) is 0. The Hall–Kier alpha value is 0.230. The zero-order valence-electron chi connectivity index (χ0n) is 5.97.